The Hall–Kier alpha value is -6.78. The first kappa shape index (κ1) is 29.9. The van der Waals surface area contributed by atoms with Crippen LogP contribution in [0.25, 0.3) is 82.6 Å². The van der Waals surface area contributed by atoms with E-state index in [1.807, 2.05) is 0 Å². The highest BCUT2D eigenvalue weighted by molar-refractivity contribution is 6.24. The predicted molar refractivity (Wildman–Crippen MR) is 218 cm³/mol. The van der Waals surface area contributed by atoms with Crippen LogP contribution in [0, 0.1) is 0 Å². The van der Waals surface area contributed by atoms with Crippen LogP contribution in [0.2, 0.25) is 0 Å². The maximum absolute atomic E-state index is 7.06. The third kappa shape index (κ3) is 4.30. The molecule has 3 heterocycles. The first-order valence-corrected chi connectivity index (χ1v) is 18.2. The van der Waals surface area contributed by atoms with Gasteiger partial charge in [0.05, 0.1) is 16.7 Å². The van der Waals surface area contributed by atoms with Crippen molar-refractivity contribution in [3.05, 3.63) is 175 Å². The summed E-state index contributed by atoms with van der Waals surface area (Å²) in [6, 6.07) is 57.9. The van der Waals surface area contributed by atoms with Crippen molar-refractivity contribution in [1.29, 1.82) is 0 Å². The van der Waals surface area contributed by atoms with Crippen molar-refractivity contribution in [2.24, 2.45) is 0 Å². The molecule has 0 amide bonds. The molecule has 0 aliphatic carbocycles. The fourth-order valence-electron chi connectivity index (χ4n) is 8.78. The Morgan fingerprint density at radius 3 is 1.98 bits per heavy atom. The van der Waals surface area contributed by atoms with E-state index in [1.165, 1.54) is 33.0 Å². The number of hydrogen-bond acceptors (Lipinski definition) is 3. The smallest absolute Gasteiger partial charge is 0.235 e. The van der Waals surface area contributed by atoms with Crippen molar-refractivity contribution in [1.82, 2.24) is 14.5 Å². The second-order valence-electron chi connectivity index (χ2n) is 14.5. The number of aromatic nitrogens is 3. The van der Waals surface area contributed by atoms with Crippen molar-refractivity contribution in [2.75, 3.05) is 0 Å². The van der Waals surface area contributed by atoms with Gasteiger partial charge in [0.2, 0.25) is 5.95 Å². The Balaban J connectivity index is 1.27. The molecule has 0 fully saturated rings. The van der Waals surface area contributed by atoms with E-state index in [1.54, 1.807) is 0 Å². The summed E-state index contributed by atoms with van der Waals surface area (Å²) in [4.78, 5) is 11.0. The molecule has 0 radical (unpaired) electrons. The van der Waals surface area contributed by atoms with Gasteiger partial charge in [-0.15, -0.1) is 0 Å². The average molecular weight is 680 g/mol. The molecule has 4 heteroatoms. The quantitative estimate of drug-likeness (QED) is 0.175. The van der Waals surface area contributed by atoms with Crippen molar-refractivity contribution >= 4 is 54.3 Å². The molecule has 53 heavy (non-hydrogen) atoms. The molecule has 10 aromatic rings. The van der Waals surface area contributed by atoms with Gasteiger partial charge in [0.1, 0.15) is 11.3 Å². The molecule has 8 aromatic carbocycles. The van der Waals surface area contributed by atoms with E-state index in [0.717, 1.165) is 66.2 Å². The summed E-state index contributed by atoms with van der Waals surface area (Å²) in [5, 5.41) is 7.99. The molecular formula is C49H33N3O. The molecule has 0 saturated heterocycles. The highest BCUT2D eigenvalue weighted by Crippen LogP contribution is 2.55. The Morgan fingerprint density at radius 2 is 1.15 bits per heavy atom. The molecule has 0 saturated carbocycles. The number of hydrogen-bond donors (Lipinski definition) is 0. The highest BCUT2D eigenvalue weighted by Gasteiger charge is 2.39. The number of benzene rings is 8. The zero-order valence-electron chi connectivity index (χ0n) is 29.3. The van der Waals surface area contributed by atoms with Gasteiger partial charge in [0, 0.05) is 38.3 Å². The van der Waals surface area contributed by atoms with E-state index < -0.39 is 0 Å². The average Bonchev–Trinajstić information content (AvgIpc) is 3.56. The van der Waals surface area contributed by atoms with Gasteiger partial charge < -0.3 is 4.74 Å². The SMILES string of the molecule is CC1(C)c2ccccc2Oc2c1c1ccccc1c1c3ccccc3n(-c3nc(-c4ccc(-c5ccccc5)cc4)c4c(ccc5ccccc54)n3)c21. The normalized spacial score (nSPS) is 13.4. The van der Waals surface area contributed by atoms with Crippen LogP contribution in [0.4, 0.5) is 0 Å². The fraction of sp³-hybridized carbons (Fsp3) is 0.0612. The summed E-state index contributed by atoms with van der Waals surface area (Å²) in [7, 11) is 0. The van der Waals surface area contributed by atoms with E-state index in [9.17, 15) is 0 Å². The Kier molecular flexibility index (Phi) is 6.27. The second-order valence-corrected chi connectivity index (χ2v) is 14.5. The maximum Gasteiger partial charge on any atom is 0.235 e. The zero-order chi connectivity index (χ0) is 35.3. The summed E-state index contributed by atoms with van der Waals surface area (Å²) in [6.45, 7) is 4.63. The summed E-state index contributed by atoms with van der Waals surface area (Å²) in [6.07, 6.45) is 0. The van der Waals surface area contributed by atoms with E-state index in [0.29, 0.717) is 5.95 Å². The van der Waals surface area contributed by atoms with Gasteiger partial charge in [-0.1, -0.05) is 159 Å². The third-order valence-electron chi connectivity index (χ3n) is 11.2. The number of ether oxygens (including phenoxy) is 1. The van der Waals surface area contributed by atoms with E-state index >= 15 is 0 Å². The molecular weight excluding hydrogens is 647 g/mol. The van der Waals surface area contributed by atoms with Crippen molar-refractivity contribution in [3.8, 4) is 39.8 Å². The van der Waals surface area contributed by atoms with Gasteiger partial charge in [-0.05, 0) is 50.9 Å². The molecule has 0 atom stereocenters. The van der Waals surface area contributed by atoms with Crippen LogP contribution in [0.3, 0.4) is 0 Å². The minimum Gasteiger partial charge on any atom is -0.454 e. The fourth-order valence-corrected chi connectivity index (χ4v) is 8.78. The van der Waals surface area contributed by atoms with Gasteiger partial charge in [0.25, 0.3) is 0 Å². The molecule has 4 nitrogen and oxygen atoms in total. The lowest BCUT2D eigenvalue weighted by molar-refractivity contribution is 0.424. The predicted octanol–water partition coefficient (Wildman–Crippen LogP) is 12.8. The first-order valence-electron chi connectivity index (χ1n) is 18.2. The standard InChI is InChI=1S/C49H33N3O/c1-49(2)38-21-11-13-23-41(38)53-47-44(49)36-19-9-8-18-35(36)42-37-20-10-12-22-40(37)52(46(42)47)48-50-39-29-28-32-16-6-7-17-34(32)43(39)45(51-48)33-26-24-31(25-27-33)30-14-4-3-5-15-30/h3-29H,1-2H3. The molecule has 11 rings (SSSR count). The molecule has 1 aliphatic heterocycles. The van der Waals surface area contributed by atoms with Crippen LogP contribution in [0.15, 0.2) is 164 Å². The summed E-state index contributed by atoms with van der Waals surface area (Å²) in [5.74, 6) is 2.34. The summed E-state index contributed by atoms with van der Waals surface area (Å²) < 4.78 is 9.31. The Bertz CT molecular complexity index is 3100. The lowest BCUT2D eigenvalue weighted by Crippen LogP contribution is -2.25. The zero-order valence-corrected chi connectivity index (χ0v) is 29.3. The molecule has 0 N–H and O–H groups in total. The van der Waals surface area contributed by atoms with Gasteiger partial charge >= 0.3 is 0 Å². The molecule has 250 valence electrons. The molecule has 2 aromatic heterocycles. The molecule has 0 bridgehead atoms. The van der Waals surface area contributed by atoms with Crippen molar-refractivity contribution in [2.45, 2.75) is 19.3 Å². The van der Waals surface area contributed by atoms with Crippen LogP contribution in [0.1, 0.15) is 25.0 Å². The first-order chi connectivity index (χ1) is 26.1. The number of fused-ring (bicyclic) bond motifs is 12. The minimum atomic E-state index is -0.325. The highest BCUT2D eigenvalue weighted by atomic mass is 16.5. The van der Waals surface area contributed by atoms with Gasteiger partial charge in [-0.25, -0.2) is 9.97 Å². The van der Waals surface area contributed by atoms with Crippen LogP contribution >= 0.6 is 0 Å². The van der Waals surface area contributed by atoms with E-state index in [4.69, 9.17) is 14.7 Å². The lowest BCUT2D eigenvalue weighted by atomic mass is 9.73. The van der Waals surface area contributed by atoms with Crippen LogP contribution < -0.4 is 4.74 Å². The number of para-hydroxylation sites is 2. The van der Waals surface area contributed by atoms with Crippen molar-refractivity contribution < 1.29 is 4.74 Å². The molecule has 0 unspecified atom stereocenters. The Labute approximate surface area is 306 Å². The topological polar surface area (TPSA) is 39.9 Å². The van der Waals surface area contributed by atoms with Crippen molar-refractivity contribution in [3.63, 3.8) is 0 Å². The molecule has 0 spiro atoms. The Morgan fingerprint density at radius 1 is 0.509 bits per heavy atom. The maximum atomic E-state index is 7.06. The van der Waals surface area contributed by atoms with Gasteiger partial charge in [-0.2, -0.15) is 0 Å². The van der Waals surface area contributed by atoms with Crippen LogP contribution in [-0.4, -0.2) is 14.5 Å². The van der Waals surface area contributed by atoms with Gasteiger partial charge in [-0.3, -0.25) is 4.57 Å². The van der Waals surface area contributed by atoms with E-state index in [2.05, 4.69) is 182 Å². The van der Waals surface area contributed by atoms with Crippen LogP contribution in [-0.2, 0) is 5.41 Å². The largest absolute Gasteiger partial charge is 0.454 e. The summed E-state index contributed by atoms with van der Waals surface area (Å²) in [5.41, 5.74) is 9.21. The third-order valence-corrected chi connectivity index (χ3v) is 11.2. The van der Waals surface area contributed by atoms with Crippen LogP contribution in [0.5, 0.6) is 11.5 Å². The van der Waals surface area contributed by atoms with Gasteiger partial charge in [0.15, 0.2) is 5.75 Å². The lowest BCUT2D eigenvalue weighted by Gasteiger charge is -2.36. The molecule has 1 aliphatic rings. The summed E-state index contributed by atoms with van der Waals surface area (Å²) >= 11 is 0. The monoisotopic (exact) mass is 679 g/mol. The number of rotatable bonds is 3. The minimum absolute atomic E-state index is 0.325. The number of nitrogens with zero attached hydrogens (tertiary/aromatic N) is 3. The second kappa shape index (κ2) is 11.1. The van der Waals surface area contributed by atoms with E-state index in [-0.39, 0.29) is 5.41 Å².